The van der Waals surface area contributed by atoms with Crippen LogP contribution in [-0.2, 0) is 16.0 Å². The predicted octanol–water partition coefficient (Wildman–Crippen LogP) is 3.82. The number of hydrogen-bond acceptors (Lipinski definition) is 3. The number of rotatable bonds is 2. The van der Waals surface area contributed by atoms with Gasteiger partial charge in [-0.1, -0.05) is 29.8 Å². The summed E-state index contributed by atoms with van der Waals surface area (Å²) in [5, 5.41) is 0.491. The SMILES string of the molecule is CC1(C)Oc2ccc(Cl)cc2N(CC(=O)N2CCCc3ccccc32)C1=O. The number of anilines is 2. The molecule has 27 heavy (non-hydrogen) atoms. The Morgan fingerprint density at radius 3 is 2.78 bits per heavy atom. The molecule has 2 aromatic carbocycles. The Morgan fingerprint density at radius 2 is 1.96 bits per heavy atom. The van der Waals surface area contributed by atoms with Crippen molar-refractivity contribution in [2.75, 3.05) is 22.9 Å². The van der Waals surface area contributed by atoms with E-state index in [2.05, 4.69) is 0 Å². The maximum Gasteiger partial charge on any atom is 0.271 e. The molecule has 0 N–H and O–H groups in total. The third-order valence-corrected chi connectivity index (χ3v) is 5.28. The van der Waals surface area contributed by atoms with Crippen molar-refractivity contribution < 1.29 is 14.3 Å². The number of carbonyl (C=O) groups is 2. The third-order valence-electron chi connectivity index (χ3n) is 5.04. The number of nitrogens with zero attached hydrogens (tertiary/aromatic N) is 2. The molecular weight excluding hydrogens is 364 g/mol. The predicted molar refractivity (Wildman–Crippen MR) is 106 cm³/mol. The Kier molecular flexibility index (Phi) is 4.35. The fourth-order valence-corrected chi connectivity index (χ4v) is 3.88. The summed E-state index contributed by atoms with van der Waals surface area (Å²) in [5.74, 6) is 0.186. The number of aryl methyl sites for hydroxylation is 1. The van der Waals surface area contributed by atoms with E-state index in [0.29, 0.717) is 23.0 Å². The lowest BCUT2D eigenvalue weighted by molar-refractivity contribution is -0.134. The molecule has 5 nitrogen and oxygen atoms in total. The van der Waals surface area contributed by atoms with Gasteiger partial charge in [0.25, 0.3) is 5.91 Å². The van der Waals surface area contributed by atoms with Crippen LogP contribution in [-0.4, -0.2) is 30.5 Å². The van der Waals surface area contributed by atoms with E-state index in [1.807, 2.05) is 24.3 Å². The zero-order valence-corrected chi connectivity index (χ0v) is 16.1. The Balaban J connectivity index is 1.67. The summed E-state index contributed by atoms with van der Waals surface area (Å²) in [6, 6.07) is 13.0. The Morgan fingerprint density at radius 1 is 1.19 bits per heavy atom. The van der Waals surface area contributed by atoms with E-state index in [1.165, 1.54) is 4.90 Å². The summed E-state index contributed by atoms with van der Waals surface area (Å²) >= 11 is 6.12. The number of benzene rings is 2. The third kappa shape index (κ3) is 3.16. The first-order valence-electron chi connectivity index (χ1n) is 9.05. The minimum Gasteiger partial charge on any atom is -0.476 e. The maximum atomic E-state index is 13.1. The van der Waals surface area contributed by atoms with Gasteiger partial charge < -0.3 is 9.64 Å². The average Bonchev–Trinajstić information content (AvgIpc) is 2.65. The van der Waals surface area contributed by atoms with Crippen molar-refractivity contribution in [3.05, 3.63) is 53.1 Å². The molecule has 6 heteroatoms. The van der Waals surface area contributed by atoms with Gasteiger partial charge in [-0.25, -0.2) is 0 Å². The first-order valence-corrected chi connectivity index (χ1v) is 9.43. The van der Waals surface area contributed by atoms with Gasteiger partial charge in [0.1, 0.15) is 12.3 Å². The first-order chi connectivity index (χ1) is 12.9. The van der Waals surface area contributed by atoms with E-state index in [1.54, 1.807) is 36.9 Å². The minimum atomic E-state index is -1.04. The van der Waals surface area contributed by atoms with E-state index in [9.17, 15) is 9.59 Å². The van der Waals surface area contributed by atoms with Gasteiger partial charge in [-0.05, 0) is 56.5 Å². The highest BCUT2D eigenvalue weighted by molar-refractivity contribution is 6.31. The van der Waals surface area contributed by atoms with Crippen LogP contribution in [0.25, 0.3) is 0 Å². The van der Waals surface area contributed by atoms with Gasteiger partial charge >= 0.3 is 0 Å². The maximum absolute atomic E-state index is 13.1. The molecule has 0 aliphatic carbocycles. The van der Waals surface area contributed by atoms with Crippen LogP contribution >= 0.6 is 11.6 Å². The summed E-state index contributed by atoms with van der Waals surface area (Å²) in [7, 11) is 0. The average molecular weight is 385 g/mol. The van der Waals surface area contributed by atoms with Crippen LogP contribution < -0.4 is 14.5 Å². The fraction of sp³-hybridized carbons (Fsp3) is 0.333. The highest BCUT2D eigenvalue weighted by atomic mass is 35.5. The van der Waals surface area contributed by atoms with Crippen LogP contribution in [0.3, 0.4) is 0 Å². The Bertz CT molecular complexity index is 925. The molecule has 0 saturated heterocycles. The van der Waals surface area contributed by atoms with E-state index >= 15 is 0 Å². The van der Waals surface area contributed by atoms with Gasteiger partial charge in [-0.2, -0.15) is 0 Å². The molecule has 2 aliphatic rings. The van der Waals surface area contributed by atoms with Gasteiger partial charge in [-0.15, -0.1) is 0 Å². The zero-order chi connectivity index (χ0) is 19.2. The molecular formula is C21H21ClN2O3. The largest absolute Gasteiger partial charge is 0.476 e. The normalized spacial score (nSPS) is 17.8. The molecule has 2 heterocycles. The second kappa shape index (κ2) is 6.57. The van der Waals surface area contributed by atoms with Crippen LogP contribution in [0.5, 0.6) is 5.75 Å². The Hall–Kier alpha value is -2.53. The summed E-state index contributed by atoms with van der Waals surface area (Å²) in [6.07, 6.45) is 1.87. The lowest BCUT2D eigenvalue weighted by Gasteiger charge is -2.39. The van der Waals surface area contributed by atoms with Crippen molar-refractivity contribution in [2.45, 2.75) is 32.3 Å². The molecule has 2 amide bonds. The van der Waals surface area contributed by atoms with Crippen molar-refractivity contribution in [3.63, 3.8) is 0 Å². The standard InChI is InChI=1S/C21H21ClN2O3/c1-21(2)20(26)24(17-12-15(22)9-10-18(17)27-21)13-19(25)23-11-5-7-14-6-3-4-8-16(14)23/h3-4,6,8-10,12H,5,7,11,13H2,1-2H3. The number of fused-ring (bicyclic) bond motifs is 2. The van der Waals surface area contributed by atoms with E-state index in [0.717, 1.165) is 24.1 Å². The minimum absolute atomic E-state index is 0.0483. The molecule has 0 fully saturated rings. The molecule has 0 saturated carbocycles. The van der Waals surface area contributed by atoms with Gasteiger partial charge in [-0.3, -0.25) is 14.5 Å². The van der Waals surface area contributed by atoms with Crippen LogP contribution in [0.4, 0.5) is 11.4 Å². The molecule has 0 bridgehead atoms. The molecule has 0 atom stereocenters. The van der Waals surface area contributed by atoms with Crippen LogP contribution in [0.15, 0.2) is 42.5 Å². The molecule has 0 radical (unpaired) electrons. The number of carbonyl (C=O) groups excluding carboxylic acids is 2. The van der Waals surface area contributed by atoms with Gasteiger partial charge in [0.15, 0.2) is 5.60 Å². The molecule has 2 aliphatic heterocycles. The highest BCUT2D eigenvalue weighted by Crippen LogP contribution is 2.39. The number of halogens is 1. The van der Waals surface area contributed by atoms with Crippen molar-refractivity contribution in [1.29, 1.82) is 0 Å². The quantitative estimate of drug-likeness (QED) is 0.790. The second-order valence-corrected chi connectivity index (χ2v) is 7.83. The van der Waals surface area contributed by atoms with Crippen molar-refractivity contribution in [2.24, 2.45) is 0 Å². The molecule has 4 rings (SSSR count). The molecule has 2 aromatic rings. The summed E-state index contributed by atoms with van der Waals surface area (Å²) in [6.45, 7) is 4.02. The van der Waals surface area contributed by atoms with Crippen LogP contribution in [0.2, 0.25) is 5.02 Å². The van der Waals surface area contributed by atoms with E-state index < -0.39 is 5.60 Å². The lowest BCUT2D eigenvalue weighted by Crippen LogP contribution is -2.55. The van der Waals surface area contributed by atoms with Crippen molar-refractivity contribution in [3.8, 4) is 5.75 Å². The smallest absolute Gasteiger partial charge is 0.271 e. The first kappa shape index (κ1) is 17.9. The highest BCUT2D eigenvalue weighted by Gasteiger charge is 2.42. The number of amides is 2. The van der Waals surface area contributed by atoms with Gasteiger partial charge in [0.05, 0.1) is 5.69 Å². The molecule has 0 spiro atoms. The summed E-state index contributed by atoms with van der Waals surface area (Å²) in [4.78, 5) is 29.4. The fourth-order valence-electron chi connectivity index (χ4n) is 3.71. The number of para-hydroxylation sites is 1. The lowest BCUT2D eigenvalue weighted by atomic mass is 10.0. The Labute approximate surface area is 163 Å². The van der Waals surface area contributed by atoms with Gasteiger partial charge in [0, 0.05) is 17.3 Å². The van der Waals surface area contributed by atoms with Crippen molar-refractivity contribution in [1.82, 2.24) is 0 Å². The van der Waals surface area contributed by atoms with Gasteiger partial charge in [0.2, 0.25) is 5.91 Å². The van der Waals surface area contributed by atoms with Crippen LogP contribution in [0.1, 0.15) is 25.8 Å². The summed E-state index contributed by atoms with van der Waals surface area (Å²) < 4.78 is 5.83. The number of ether oxygens (including phenoxy) is 1. The second-order valence-electron chi connectivity index (χ2n) is 7.39. The molecule has 0 aromatic heterocycles. The van der Waals surface area contributed by atoms with E-state index in [4.69, 9.17) is 16.3 Å². The zero-order valence-electron chi connectivity index (χ0n) is 15.4. The topological polar surface area (TPSA) is 49.9 Å². The van der Waals surface area contributed by atoms with E-state index in [-0.39, 0.29) is 18.4 Å². The van der Waals surface area contributed by atoms with Crippen molar-refractivity contribution >= 4 is 34.8 Å². The van der Waals surface area contributed by atoms with Crippen LogP contribution in [0, 0.1) is 0 Å². The monoisotopic (exact) mass is 384 g/mol. The summed E-state index contributed by atoms with van der Waals surface area (Å²) in [5.41, 5.74) is 1.58. The molecule has 0 unspecified atom stereocenters. The number of hydrogen-bond donors (Lipinski definition) is 0. The molecule has 140 valence electrons.